The molecule has 3 heteroatoms. The first-order valence-corrected chi connectivity index (χ1v) is 8.32. The Bertz CT molecular complexity index is 549. The minimum absolute atomic E-state index is 0.422. The van der Waals surface area contributed by atoms with Crippen LogP contribution in [0.2, 0.25) is 0 Å². The lowest BCUT2D eigenvalue weighted by atomic mass is 9.65. The molecule has 2 aliphatic rings. The van der Waals surface area contributed by atoms with E-state index in [9.17, 15) is 0 Å². The van der Waals surface area contributed by atoms with Crippen molar-refractivity contribution in [3.8, 4) is 0 Å². The van der Waals surface area contributed by atoms with Gasteiger partial charge in [-0.3, -0.25) is 0 Å². The zero-order valence-corrected chi connectivity index (χ0v) is 14.4. The lowest BCUT2D eigenvalue weighted by Gasteiger charge is -2.39. The van der Waals surface area contributed by atoms with Crippen molar-refractivity contribution in [3.63, 3.8) is 0 Å². The molecular weight excluding hydrogens is 276 g/mol. The van der Waals surface area contributed by atoms with Gasteiger partial charge in [0.1, 0.15) is 0 Å². The zero-order chi connectivity index (χ0) is 15.3. The number of benzene rings is 1. The first-order chi connectivity index (χ1) is 9.76. The maximum Gasteiger partial charge on any atom is 0.173 e. The zero-order valence-electron chi connectivity index (χ0n) is 13.6. The summed E-state index contributed by atoms with van der Waals surface area (Å²) in [7, 11) is 0. The second kappa shape index (κ2) is 4.98. The Balaban J connectivity index is 1.73. The third-order valence-corrected chi connectivity index (χ3v) is 5.32. The SMILES string of the molecule is Cc1ccc(NC(=S)N2CC3(C)CC2CC(C)(C)C3)cc1. The van der Waals surface area contributed by atoms with Gasteiger partial charge < -0.3 is 10.2 Å². The van der Waals surface area contributed by atoms with E-state index in [0.29, 0.717) is 16.9 Å². The van der Waals surface area contributed by atoms with Gasteiger partial charge in [0, 0.05) is 18.3 Å². The van der Waals surface area contributed by atoms with Crippen LogP contribution in [0.25, 0.3) is 0 Å². The van der Waals surface area contributed by atoms with E-state index in [0.717, 1.165) is 17.3 Å². The topological polar surface area (TPSA) is 15.3 Å². The lowest BCUT2D eigenvalue weighted by Crippen LogP contribution is -2.39. The number of fused-ring (bicyclic) bond motifs is 2. The number of hydrogen-bond acceptors (Lipinski definition) is 1. The van der Waals surface area contributed by atoms with Crippen LogP contribution in [0.1, 0.15) is 45.6 Å². The Morgan fingerprint density at radius 1 is 1.19 bits per heavy atom. The number of nitrogens with one attached hydrogen (secondary N) is 1. The molecule has 0 spiro atoms. The number of aryl methyl sites for hydroxylation is 1. The molecule has 1 aliphatic carbocycles. The highest BCUT2D eigenvalue weighted by atomic mass is 32.1. The molecule has 1 aliphatic heterocycles. The Kier molecular flexibility index (Phi) is 3.52. The van der Waals surface area contributed by atoms with Crippen LogP contribution in [0.4, 0.5) is 5.69 Å². The van der Waals surface area contributed by atoms with Crippen molar-refractivity contribution in [2.45, 2.75) is 53.0 Å². The fraction of sp³-hybridized carbons (Fsp3) is 0.611. The Morgan fingerprint density at radius 2 is 1.86 bits per heavy atom. The van der Waals surface area contributed by atoms with E-state index in [1.807, 2.05) is 0 Å². The highest BCUT2D eigenvalue weighted by Crippen LogP contribution is 2.52. The van der Waals surface area contributed by atoms with Crippen molar-refractivity contribution in [2.24, 2.45) is 10.8 Å². The molecule has 0 amide bonds. The van der Waals surface area contributed by atoms with E-state index >= 15 is 0 Å². The van der Waals surface area contributed by atoms with Crippen LogP contribution in [0.3, 0.4) is 0 Å². The van der Waals surface area contributed by atoms with Crippen molar-refractivity contribution < 1.29 is 0 Å². The molecule has 1 heterocycles. The van der Waals surface area contributed by atoms with Gasteiger partial charge in [-0.1, -0.05) is 38.5 Å². The number of hydrogen-bond donors (Lipinski definition) is 1. The summed E-state index contributed by atoms with van der Waals surface area (Å²) in [5, 5.41) is 4.32. The van der Waals surface area contributed by atoms with E-state index in [4.69, 9.17) is 12.2 Å². The van der Waals surface area contributed by atoms with Crippen molar-refractivity contribution in [3.05, 3.63) is 29.8 Å². The van der Waals surface area contributed by atoms with E-state index in [1.54, 1.807) is 0 Å². The molecule has 0 aromatic heterocycles. The number of thiocarbonyl (C=S) groups is 1. The summed E-state index contributed by atoms with van der Waals surface area (Å²) in [5.41, 5.74) is 3.23. The van der Waals surface area contributed by atoms with Gasteiger partial charge in [0.25, 0.3) is 0 Å². The third-order valence-electron chi connectivity index (χ3n) is 4.98. The van der Waals surface area contributed by atoms with Crippen LogP contribution < -0.4 is 5.32 Å². The molecule has 2 bridgehead atoms. The van der Waals surface area contributed by atoms with Gasteiger partial charge >= 0.3 is 0 Å². The maximum absolute atomic E-state index is 5.69. The van der Waals surface area contributed by atoms with E-state index in [1.165, 1.54) is 24.8 Å². The Labute approximate surface area is 133 Å². The average Bonchev–Trinajstić information content (AvgIpc) is 2.61. The van der Waals surface area contributed by atoms with Crippen LogP contribution in [0.5, 0.6) is 0 Å². The van der Waals surface area contributed by atoms with Gasteiger partial charge in [0.15, 0.2) is 5.11 Å². The fourth-order valence-electron chi connectivity index (χ4n) is 4.53. The minimum atomic E-state index is 0.422. The van der Waals surface area contributed by atoms with Crippen LogP contribution in [0.15, 0.2) is 24.3 Å². The second-order valence-corrected chi connectivity index (χ2v) is 8.52. The molecule has 1 aromatic carbocycles. The van der Waals surface area contributed by atoms with E-state index in [2.05, 4.69) is 62.2 Å². The van der Waals surface area contributed by atoms with Gasteiger partial charge in [-0.25, -0.2) is 0 Å². The summed E-state index contributed by atoms with van der Waals surface area (Å²) in [4.78, 5) is 2.43. The van der Waals surface area contributed by atoms with E-state index < -0.39 is 0 Å². The molecule has 2 unspecified atom stereocenters. The van der Waals surface area contributed by atoms with Crippen LogP contribution >= 0.6 is 12.2 Å². The highest BCUT2D eigenvalue weighted by Gasteiger charge is 2.50. The summed E-state index contributed by atoms with van der Waals surface area (Å²) in [6.45, 7) is 10.4. The molecule has 0 radical (unpaired) electrons. The van der Waals surface area contributed by atoms with Crippen molar-refractivity contribution in [1.82, 2.24) is 4.90 Å². The molecule has 2 atom stereocenters. The van der Waals surface area contributed by atoms with Gasteiger partial charge in [0.2, 0.25) is 0 Å². The molecule has 1 aromatic rings. The molecule has 1 saturated carbocycles. The fourth-order valence-corrected chi connectivity index (χ4v) is 4.86. The van der Waals surface area contributed by atoms with Crippen molar-refractivity contribution in [1.29, 1.82) is 0 Å². The summed E-state index contributed by atoms with van der Waals surface area (Å²) in [5.74, 6) is 0. The van der Waals surface area contributed by atoms with Gasteiger partial charge in [-0.15, -0.1) is 0 Å². The molecule has 3 rings (SSSR count). The number of likely N-dealkylation sites (tertiary alicyclic amines) is 1. The largest absolute Gasteiger partial charge is 0.345 e. The average molecular weight is 302 g/mol. The molecule has 21 heavy (non-hydrogen) atoms. The predicted octanol–water partition coefficient (Wildman–Crippen LogP) is 4.59. The number of anilines is 1. The normalized spacial score (nSPS) is 30.3. The highest BCUT2D eigenvalue weighted by molar-refractivity contribution is 7.80. The summed E-state index contributed by atoms with van der Waals surface area (Å²) < 4.78 is 0. The molecule has 2 nitrogen and oxygen atoms in total. The second-order valence-electron chi connectivity index (χ2n) is 8.14. The number of nitrogens with zero attached hydrogens (tertiary/aromatic N) is 1. The van der Waals surface area contributed by atoms with Crippen LogP contribution in [-0.4, -0.2) is 22.6 Å². The smallest absolute Gasteiger partial charge is 0.173 e. The summed E-state index contributed by atoms with van der Waals surface area (Å²) >= 11 is 5.69. The minimum Gasteiger partial charge on any atom is -0.345 e. The molecule has 2 fully saturated rings. The monoisotopic (exact) mass is 302 g/mol. The first-order valence-electron chi connectivity index (χ1n) is 7.91. The van der Waals surface area contributed by atoms with Crippen molar-refractivity contribution >= 4 is 23.0 Å². The lowest BCUT2D eigenvalue weighted by molar-refractivity contribution is 0.132. The Hall–Kier alpha value is -1.09. The Morgan fingerprint density at radius 3 is 2.52 bits per heavy atom. The third kappa shape index (κ3) is 3.08. The quantitative estimate of drug-likeness (QED) is 0.764. The molecular formula is C18H26N2S. The molecule has 1 saturated heterocycles. The van der Waals surface area contributed by atoms with Gasteiger partial charge in [0.05, 0.1) is 0 Å². The summed E-state index contributed by atoms with van der Waals surface area (Å²) in [6, 6.07) is 9.06. The summed E-state index contributed by atoms with van der Waals surface area (Å²) in [6.07, 6.45) is 3.84. The van der Waals surface area contributed by atoms with Crippen LogP contribution in [0, 0.1) is 17.8 Å². The van der Waals surface area contributed by atoms with Crippen molar-refractivity contribution in [2.75, 3.05) is 11.9 Å². The predicted molar refractivity (Wildman–Crippen MR) is 93.6 cm³/mol. The maximum atomic E-state index is 5.69. The van der Waals surface area contributed by atoms with E-state index in [-0.39, 0.29) is 0 Å². The molecule has 1 N–H and O–H groups in total. The number of rotatable bonds is 1. The van der Waals surface area contributed by atoms with Gasteiger partial charge in [-0.05, 0) is 61.4 Å². The van der Waals surface area contributed by atoms with Crippen LogP contribution in [-0.2, 0) is 0 Å². The molecule has 114 valence electrons. The van der Waals surface area contributed by atoms with Gasteiger partial charge in [-0.2, -0.15) is 0 Å². The first kappa shape index (κ1) is 14.8. The standard InChI is InChI=1S/C18H26N2S/c1-13-5-7-14(8-6-13)19-16(21)20-12-18(4)10-15(20)9-17(2,3)11-18/h5-8,15H,9-12H2,1-4H3,(H,19,21).